The Labute approximate surface area is 118 Å². The molecule has 0 bridgehead atoms. The monoisotopic (exact) mass is 282 g/mol. The van der Waals surface area contributed by atoms with Crippen molar-refractivity contribution in [1.29, 1.82) is 0 Å². The summed E-state index contributed by atoms with van der Waals surface area (Å²) >= 11 is 5.78. The van der Waals surface area contributed by atoms with Crippen molar-refractivity contribution in [3.05, 3.63) is 34.6 Å². The van der Waals surface area contributed by atoms with E-state index in [4.69, 9.17) is 11.6 Å². The highest BCUT2D eigenvalue weighted by atomic mass is 35.5. The molecule has 0 amide bonds. The summed E-state index contributed by atoms with van der Waals surface area (Å²) in [7, 11) is 0. The van der Waals surface area contributed by atoms with E-state index in [1.54, 1.807) is 12.1 Å². The van der Waals surface area contributed by atoms with Gasteiger partial charge in [0.25, 0.3) is 0 Å². The number of benzene rings is 1. The van der Waals surface area contributed by atoms with Gasteiger partial charge >= 0.3 is 0 Å². The quantitative estimate of drug-likeness (QED) is 0.784. The Morgan fingerprint density at radius 2 is 1.63 bits per heavy atom. The fourth-order valence-electron chi connectivity index (χ4n) is 3.96. The largest absolute Gasteiger partial charge is 0.385 e. The summed E-state index contributed by atoms with van der Waals surface area (Å²) < 4.78 is 14.0. The van der Waals surface area contributed by atoms with Crippen LogP contribution in [0.3, 0.4) is 0 Å². The molecule has 104 valence electrons. The molecule has 1 N–H and O–H groups in total. The van der Waals surface area contributed by atoms with Crippen molar-refractivity contribution in [1.82, 2.24) is 0 Å². The second-order valence-corrected chi connectivity index (χ2v) is 6.80. The van der Waals surface area contributed by atoms with Crippen molar-refractivity contribution in [3.8, 4) is 0 Å². The first-order valence-corrected chi connectivity index (χ1v) is 7.59. The van der Waals surface area contributed by atoms with Crippen LogP contribution in [-0.2, 0) is 5.60 Å². The van der Waals surface area contributed by atoms with E-state index >= 15 is 0 Å². The molecule has 2 saturated carbocycles. The number of hydrogen-bond acceptors (Lipinski definition) is 1. The van der Waals surface area contributed by atoms with Crippen LogP contribution in [0.1, 0.15) is 56.9 Å². The highest BCUT2D eigenvalue weighted by Crippen LogP contribution is 2.53. The van der Waals surface area contributed by atoms with Crippen LogP contribution in [0.5, 0.6) is 0 Å². The summed E-state index contributed by atoms with van der Waals surface area (Å²) in [6.07, 6.45) is 8.58. The van der Waals surface area contributed by atoms with Crippen LogP contribution >= 0.6 is 11.6 Å². The summed E-state index contributed by atoms with van der Waals surface area (Å²) in [4.78, 5) is 0. The topological polar surface area (TPSA) is 20.2 Å². The molecule has 2 aliphatic rings. The molecule has 3 rings (SSSR count). The van der Waals surface area contributed by atoms with Gasteiger partial charge in [-0.05, 0) is 56.1 Å². The van der Waals surface area contributed by atoms with E-state index in [9.17, 15) is 9.50 Å². The molecule has 0 saturated heterocycles. The fourth-order valence-corrected chi connectivity index (χ4v) is 4.11. The normalized spacial score (nSPS) is 24.8. The molecule has 2 aliphatic carbocycles. The van der Waals surface area contributed by atoms with E-state index in [-0.39, 0.29) is 5.82 Å². The summed E-state index contributed by atoms with van der Waals surface area (Å²) in [6, 6.07) is 4.61. The summed E-state index contributed by atoms with van der Waals surface area (Å²) in [6.45, 7) is 0. The van der Waals surface area contributed by atoms with Gasteiger partial charge in [-0.2, -0.15) is 0 Å². The lowest BCUT2D eigenvalue weighted by molar-refractivity contribution is -0.0400. The minimum atomic E-state index is -0.998. The molecule has 1 aromatic rings. The summed E-state index contributed by atoms with van der Waals surface area (Å²) in [5, 5.41) is 11.2. The number of halogens is 2. The van der Waals surface area contributed by atoms with Gasteiger partial charge in [-0.25, -0.2) is 4.39 Å². The van der Waals surface area contributed by atoms with E-state index < -0.39 is 5.60 Å². The van der Waals surface area contributed by atoms with E-state index in [1.807, 2.05) is 0 Å². The van der Waals surface area contributed by atoms with Crippen molar-refractivity contribution in [2.75, 3.05) is 0 Å². The second kappa shape index (κ2) is 4.75. The lowest BCUT2D eigenvalue weighted by Crippen LogP contribution is -2.36. The zero-order valence-electron chi connectivity index (χ0n) is 11.1. The molecule has 0 aliphatic heterocycles. The third-order valence-corrected chi connectivity index (χ3v) is 5.47. The molecule has 0 unspecified atom stereocenters. The van der Waals surface area contributed by atoms with Gasteiger partial charge in [0.1, 0.15) is 5.82 Å². The average molecular weight is 283 g/mol. The van der Waals surface area contributed by atoms with Gasteiger partial charge in [-0.1, -0.05) is 30.5 Å². The maximum absolute atomic E-state index is 14.0. The zero-order chi connectivity index (χ0) is 13.5. The minimum absolute atomic E-state index is 0.377. The molecular formula is C16H20ClFO. The standard InChI is InChI=1S/C16H20ClFO/c17-12-3-4-13(14(18)11-12)16(19)9-7-15(8-10-16)5-1-2-6-15/h3-4,11,19H,1-2,5-10H2. The average Bonchev–Trinajstić information content (AvgIpc) is 2.82. The number of aliphatic hydroxyl groups is 1. The van der Waals surface area contributed by atoms with Gasteiger partial charge in [-0.15, -0.1) is 0 Å². The molecule has 0 aromatic heterocycles. The third kappa shape index (κ3) is 2.41. The van der Waals surface area contributed by atoms with Crippen molar-refractivity contribution in [2.24, 2.45) is 5.41 Å². The molecule has 1 spiro atoms. The maximum atomic E-state index is 14.0. The van der Waals surface area contributed by atoms with Crippen LogP contribution in [0, 0.1) is 11.2 Å². The zero-order valence-corrected chi connectivity index (χ0v) is 11.8. The first-order chi connectivity index (χ1) is 9.03. The molecule has 19 heavy (non-hydrogen) atoms. The molecule has 0 radical (unpaired) electrons. The third-order valence-electron chi connectivity index (χ3n) is 5.23. The van der Waals surface area contributed by atoms with Crippen LogP contribution in [0.4, 0.5) is 4.39 Å². The fraction of sp³-hybridized carbons (Fsp3) is 0.625. The van der Waals surface area contributed by atoms with Crippen LogP contribution in [0.15, 0.2) is 18.2 Å². The number of rotatable bonds is 1. The predicted molar refractivity (Wildman–Crippen MR) is 74.7 cm³/mol. The van der Waals surface area contributed by atoms with Gasteiger partial charge < -0.3 is 5.11 Å². The Morgan fingerprint density at radius 3 is 2.21 bits per heavy atom. The van der Waals surface area contributed by atoms with Gasteiger partial charge in [0.15, 0.2) is 0 Å². The Hall–Kier alpha value is -0.600. The Kier molecular flexibility index (Phi) is 3.34. The predicted octanol–water partition coefficient (Wildman–Crippen LogP) is 4.80. The van der Waals surface area contributed by atoms with Crippen molar-refractivity contribution in [3.63, 3.8) is 0 Å². The van der Waals surface area contributed by atoms with Gasteiger partial charge in [0.2, 0.25) is 0 Å². The van der Waals surface area contributed by atoms with Crippen LogP contribution in [0.25, 0.3) is 0 Å². The SMILES string of the molecule is OC1(c2ccc(Cl)cc2F)CCC2(CCCC2)CC1. The smallest absolute Gasteiger partial charge is 0.130 e. The Morgan fingerprint density at radius 1 is 1.00 bits per heavy atom. The van der Waals surface area contributed by atoms with Gasteiger partial charge in [0.05, 0.1) is 5.60 Å². The molecular weight excluding hydrogens is 263 g/mol. The highest BCUT2D eigenvalue weighted by molar-refractivity contribution is 6.30. The molecule has 3 heteroatoms. The Bertz CT molecular complexity index is 470. The lowest BCUT2D eigenvalue weighted by Gasteiger charge is -2.42. The maximum Gasteiger partial charge on any atom is 0.130 e. The summed E-state index contributed by atoms with van der Waals surface area (Å²) in [5.74, 6) is -0.377. The van der Waals surface area contributed by atoms with Crippen LogP contribution in [0.2, 0.25) is 5.02 Å². The second-order valence-electron chi connectivity index (χ2n) is 6.36. The van der Waals surface area contributed by atoms with Crippen LogP contribution in [-0.4, -0.2) is 5.11 Å². The van der Waals surface area contributed by atoms with E-state index in [1.165, 1.54) is 31.7 Å². The molecule has 2 fully saturated rings. The molecule has 0 atom stereocenters. The van der Waals surface area contributed by atoms with E-state index in [0.717, 1.165) is 12.8 Å². The molecule has 1 aromatic carbocycles. The first kappa shape index (κ1) is 13.4. The van der Waals surface area contributed by atoms with E-state index in [2.05, 4.69) is 0 Å². The first-order valence-electron chi connectivity index (χ1n) is 7.21. The van der Waals surface area contributed by atoms with Gasteiger partial charge in [0, 0.05) is 10.6 Å². The van der Waals surface area contributed by atoms with Crippen LogP contribution < -0.4 is 0 Å². The van der Waals surface area contributed by atoms with Crippen molar-refractivity contribution in [2.45, 2.75) is 57.0 Å². The molecule has 1 nitrogen and oxygen atoms in total. The number of hydrogen-bond donors (Lipinski definition) is 1. The minimum Gasteiger partial charge on any atom is -0.385 e. The lowest BCUT2D eigenvalue weighted by atomic mass is 9.66. The molecule has 0 heterocycles. The Balaban J connectivity index is 1.81. The highest BCUT2D eigenvalue weighted by Gasteiger charge is 2.44. The van der Waals surface area contributed by atoms with Crippen molar-refractivity contribution < 1.29 is 9.50 Å². The van der Waals surface area contributed by atoms with E-state index in [0.29, 0.717) is 28.8 Å². The summed E-state index contributed by atoms with van der Waals surface area (Å²) in [5.41, 5.74) is -0.137. The van der Waals surface area contributed by atoms with Gasteiger partial charge in [-0.3, -0.25) is 0 Å². The van der Waals surface area contributed by atoms with Crippen molar-refractivity contribution >= 4 is 11.6 Å².